The third-order valence-corrected chi connectivity index (χ3v) is 9.99. The first-order valence-electron chi connectivity index (χ1n) is 15.4. The highest BCUT2D eigenvalue weighted by atomic mass is 35.5. The molecule has 0 radical (unpaired) electrons. The highest BCUT2D eigenvalue weighted by Crippen LogP contribution is 2.30. The standard InChI is InChI=1S/C32H46ClN5O3S/c1-22(21-38-15-13-37(3)14-16-38)28(39)12-10-26(17-23-7-5-4-6-8-23)35-32(41)24(18-30(40)34-2)19-31-36-27-11-9-25(33)20-29(27)42-31/h9,11,20,23-24,26H,1,4-8,10,12-19,21H2,2-3H3,(H,34,40)(H,35,41)/t24-,26+/m0/s1. The zero-order chi connectivity index (χ0) is 30.1. The zero-order valence-corrected chi connectivity index (χ0v) is 26.7. The summed E-state index contributed by atoms with van der Waals surface area (Å²) in [7, 11) is 3.70. The van der Waals surface area contributed by atoms with E-state index in [1.54, 1.807) is 13.1 Å². The number of aromatic nitrogens is 1. The van der Waals surface area contributed by atoms with Crippen molar-refractivity contribution in [2.75, 3.05) is 46.8 Å². The second-order valence-electron chi connectivity index (χ2n) is 12.1. The van der Waals surface area contributed by atoms with Crippen LogP contribution in [-0.4, -0.2) is 85.2 Å². The lowest BCUT2D eigenvalue weighted by Crippen LogP contribution is -2.45. The Balaban J connectivity index is 1.41. The van der Waals surface area contributed by atoms with Crippen LogP contribution < -0.4 is 10.6 Å². The van der Waals surface area contributed by atoms with Gasteiger partial charge in [-0.25, -0.2) is 4.98 Å². The minimum Gasteiger partial charge on any atom is -0.359 e. The summed E-state index contributed by atoms with van der Waals surface area (Å²) in [6, 6.07) is 5.43. The first-order valence-corrected chi connectivity index (χ1v) is 16.6. The van der Waals surface area contributed by atoms with Gasteiger partial charge in [0.2, 0.25) is 11.8 Å². The molecule has 2 N–H and O–H groups in total. The summed E-state index contributed by atoms with van der Waals surface area (Å²) < 4.78 is 0.960. The first-order chi connectivity index (χ1) is 20.2. The quantitative estimate of drug-likeness (QED) is 0.295. The van der Waals surface area contributed by atoms with Crippen LogP contribution in [-0.2, 0) is 20.8 Å². The smallest absolute Gasteiger partial charge is 0.224 e. The summed E-state index contributed by atoms with van der Waals surface area (Å²) in [5.41, 5.74) is 1.49. The Labute approximate surface area is 259 Å². The lowest BCUT2D eigenvalue weighted by molar-refractivity contribution is -0.130. The van der Waals surface area contributed by atoms with Crippen molar-refractivity contribution in [2.45, 2.75) is 70.3 Å². The van der Waals surface area contributed by atoms with Gasteiger partial charge >= 0.3 is 0 Å². The van der Waals surface area contributed by atoms with Crippen molar-refractivity contribution in [1.82, 2.24) is 25.4 Å². The number of amides is 2. The molecule has 2 aliphatic rings. The van der Waals surface area contributed by atoms with Crippen LogP contribution in [0.15, 0.2) is 30.4 Å². The second kappa shape index (κ2) is 15.9. The van der Waals surface area contributed by atoms with Gasteiger partial charge in [-0.2, -0.15) is 0 Å². The van der Waals surface area contributed by atoms with Gasteiger partial charge in [-0.3, -0.25) is 19.3 Å². The molecular weight excluding hydrogens is 570 g/mol. The second-order valence-corrected chi connectivity index (χ2v) is 13.6. The van der Waals surface area contributed by atoms with Crippen LogP contribution in [0.1, 0.15) is 62.8 Å². The number of Topliss-reactive ketones (excluding diaryl/α,β-unsaturated/α-hetero) is 1. The SMILES string of the molecule is C=C(CN1CCN(C)CC1)C(=O)CC[C@H](CC1CCCCC1)NC(=O)[C@@H](CC(=O)NC)Cc1nc2ccc(Cl)cc2s1. The van der Waals surface area contributed by atoms with E-state index in [0.29, 0.717) is 42.3 Å². The first kappa shape index (κ1) is 32.6. The molecule has 8 nitrogen and oxygen atoms in total. The molecular formula is C32H46ClN5O3S. The summed E-state index contributed by atoms with van der Waals surface area (Å²) in [6.45, 7) is 8.60. The van der Waals surface area contributed by atoms with E-state index in [1.165, 1.54) is 30.6 Å². The number of carbonyl (C=O) groups excluding carboxylic acids is 3. The molecule has 2 fully saturated rings. The molecule has 10 heteroatoms. The normalized spacial score (nSPS) is 18.5. The third kappa shape index (κ3) is 9.86. The van der Waals surface area contributed by atoms with E-state index < -0.39 is 5.92 Å². The predicted molar refractivity (Wildman–Crippen MR) is 171 cm³/mol. The summed E-state index contributed by atoms with van der Waals surface area (Å²) >= 11 is 7.67. The van der Waals surface area contributed by atoms with Crippen molar-refractivity contribution in [3.63, 3.8) is 0 Å². The molecule has 2 heterocycles. The molecule has 0 unspecified atom stereocenters. The molecule has 0 spiro atoms. The summed E-state index contributed by atoms with van der Waals surface area (Å²) in [5.74, 6) is -0.275. The van der Waals surface area contributed by atoms with Crippen molar-refractivity contribution in [1.29, 1.82) is 0 Å². The van der Waals surface area contributed by atoms with Crippen molar-refractivity contribution in [3.8, 4) is 0 Å². The molecule has 1 aliphatic carbocycles. The molecule has 1 aromatic carbocycles. The number of rotatable bonds is 14. The molecule has 42 heavy (non-hydrogen) atoms. The monoisotopic (exact) mass is 615 g/mol. The fourth-order valence-corrected chi connectivity index (χ4v) is 7.39. The average molecular weight is 616 g/mol. The number of carbonyl (C=O) groups is 3. The maximum absolute atomic E-state index is 13.7. The number of halogens is 1. The van der Waals surface area contributed by atoms with Gasteiger partial charge in [0.15, 0.2) is 5.78 Å². The Bertz CT molecular complexity index is 1240. The fourth-order valence-electron chi connectivity index (χ4n) is 6.07. The topological polar surface area (TPSA) is 94.6 Å². The van der Waals surface area contributed by atoms with Crippen LogP contribution in [0.4, 0.5) is 0 Å². The highest BCUT2D eigenvalue weighted by Gasteiger charge is 2.28. The summed E-state index contributed by atoms with van der Waals surface area (Å²) in [4.78, 5) is 48.6. The number of fused-ring (bicyclic) bond motifs is 1. The Hall–Kier alpha value is -2.33. The molecule has 2 atom stereocenters. The van der Waals surface area contributed by atoms with Gasteiger partial charge in [-0.15, -0.1) is 11.3 Å². The molecule has 0 bridgehead atoms. The Morgan fingerprint density at radius 1 is 1.14 bits per heavy atom. The van der Waals surface area contributed by atoms with E-state index in [9.17, 15) is 14.4 Å². The fraction of sp³-hybridized carbons (Fsp3) is 0.625. The van der Waals surface area contributed by atoms with Gasteiger partial charge < -0.3 is 15.5 Å². The Kier molecular flexibility index (Phi) is 12.4. The van der Waals surface area contributed by atoms with Crippen molar-refractivity contribution in [3.05, 3.63) is 40.4 Å². The van der Waals surface area contributed by atoms with Gasteiger partial charge in [0, 0.05) is 75.7 Å². The van der Waals surface area contributed by atoms with E-state index in [2.05, 4.69) is 34.1 Å². The van der Waals surface area contributed by atoms with E-state index in [1.807, 2.05) is 12.1 Å². The summed E-state index contributed by atoms with van der Waals surface area (Å²) in [6.07, 6.45) is 8.26. The number of piperazine rings is 1. The Morgan fingerprint density at radius 2 is 1.88 bits per heavy atom. The summed E-state index contributed by atoms with van der Waals surface area (Å²) in [5, 5.41) is 7.38. The number of benzene rings is 1. The maximum atomic E-state index is 13.7. The van der Waals surface area contributed by atoms with E-state index in [-0.39, 0.29) is 30.1 Å². The highest BCUT2D eigenvalue weighted by molar-refractivity contribution is 7.18. The minimum atomic E-state index is -0.558. The van der Waals surface area contributed by atoms with Crippen molar-refractivity contribution >= 4 is 50.8 Å². The number of likely N-dealkylation sites (N-methyl/N-ethyl adjacent to an activating group) is 1. The molecule has 2 amide bonds. The molecule has 1 aliphatic heterocycles. The predicted octanol–water partition coefficient (Wildman–Crippen LogP) is 4.85. The number of nitrogens with zero attached hydrogens (tertiary/aromatic N) is 3. The number of ketones is 1. The van der Waals surface area contributed by atoms with Crippen molar-refractivity contribution in [2.24, 2.45) is 11.8 Å². The molecule has 1 aromatic heterocycles. The van der Waals surface area contributed by atoms with E-state index in [4.69, 9.17) is 16.6 Å². The number of hydrogen-bond donors (Lipinski definition) is 2. The number of nitrogens with one attached hydrogen (secondary N) is 2. The zero-order valence-electron chi connectivity index (χ0n) is 25.1. The molecule has 230 valence electrons. The Morgan fingerprint density at radius 3 is 2.60 bits per heavy atom. The van der Waals surface area contributed by atoms with Crippen LogP contribution in [0.5, 0.6) is 0 Å². The maximum Gasteiger partial charge on any atom is 0.224 e. The number of hydrogen-bond acceptors (Lipinski definition) is 7. The molecule has 4 rings (SSSR count). The lowest BCUT2D eigenvalue weighted by atomic mass is 9.83. The van der Waals surface area contributed by atoms with Gasteiger partial charge in [-0.1, -0.05) is 50.3 Å². The number of thiazole rings is 1. The van der Waals surface area contributed by atoms with Crippen molar-refractivity contribution < 1.29 is 14.4 Å². The van der Waals surface area contributed by atoms with Crippen LogP contribution in [0.2, 0.25) is 5.02 Å². The molecule has 1 saturated heterocycles. The molecule has 1 saturated carbocycles. The van der Waals surface area contributed by atoms with E-state index in [0.717, 1.165) is 60.7 Å². The van der Waals surface area contributed by atoms with E-state index >= 15 is 0 Å². The van der Waals surface area contributed by atoms with Gasteiger partial charge in [0.05, 0.1) is 21.1 Å². The lowest BCUT2D eigenvalue weighted by Gasteiger charge is -2.32. The van der Waals surface area contributed by atoms with Crippen LogP contribution in [0.3, 0.4) is 0 Å². The van der Waals surface area contributed by atoms with Crippen LogP contribution in [0.25, 0.3) is 10.2 Å². The van der Waals surface area contributed by atoms with Gasteiger partial charge in [-0.05, 0) is 44.0 Å². The molecule has 2 aromatic rings. The largest absolute Gasteiger partial charge is 0.359 e. The average Bonchev–Trinajstić information content (AvgIpc) is 3.38. The minimum absolute atomic E-state index is 0.0758. The van der Waals surface area contributed by atoms with Gasteiger partial charge in [0.1, 0.15) is 0 Å². The third-order valence-electron chi connectivity index (χ3n) is 8.71. The van der Waals surface area contributed by atoms with Crippen LogP contribution in [0, 0.1) is 11.8 Å². The van der Waals surface area contributed by atoms with Crippen LogP contribution >= 0.6 is 22.9 Å². The van der Waals surface area contributed by atoms with Gasteiger partial charge in [0.25, 0.3) is 0 Å².